The molecule has 0 fully saturated rings. The number of rotatable bonds is 6. The van der Waals surface area contributed by atoms with E-state index < -0.39 is 22.5 Å². The van der Waals surface area contributed by atoms with Gasteiger partial charge in [-0.1, -0.05) is 58.0 Å². The van der Waals surface area contributed by atoms with Crippen LogP contribution in [-0.2, 0) is 10.8 Å². The summed E-state index contributed by atoms with van der Waals surface area (Å²) in [5, 5.41) is 0. The number of allylic oxidation sites excluding steroid dienone is 4. The molecule has 0 aliphatic rings. The second kappa shape index (κ2) is 12.5. The fraction of sp³-hybridized carbons (Fsp3) is 0.409. The van der Waals surface area contributed by atoms with E-state index in [1.807, 2.05) is 0 Å². The van der Waals surface area contributed by atoms with Gasteiger partial charge < -0.3 is 0 Å². The van der Waals surface area contributed by atoms with Crippen LogP contribution < -0.4 is 0 Å². The average Bonchev–Trinajstić information content (AvgIpc) is 2.63. The van der Waals surface area contributed by atoms with Crippen LogP contribution in [0.3, 0.4) is 0 Å². The Morgan fingerprint density at radius 1 is 1.18 bits per heavy atom. The van der Waals surface area contributed by atoms with Crippen molar-refractivity contribution in [2.45, 2.75) is 59.0 Å². The van der Waals surface area contributed by atoms with Crippen LogP contribution in [0.1, 0.15) is 53.5 Å². The second-order valence-corrected chi connectivity index (χ2v) is 7.79. The summed E-state index contributed by atoms with van der Waals surface area (Å²) in [6, 6.07) is 7.06. The molecule has 0 amide bonds. The summed E-state index contributed by atoms with van der Waals surface area (Å²) in [5.74, 6) is 0.449. The molecule has 6 heteroatoms. The Labute approximate surface area is 169 Å². The van der Waals surface area contributed by atoms with Crippen LogP contribution >= 0.6 is 0 Å². The Bertz CT molecular complexity index is 774. The lowest BCUT2D eigenvalue weighted by atomic mass is 10.1. The van der Waals surface area contributed by atoms with Crippen molar-refractivity contribution < 1.29 is 17.4 Å². The van der Waals surface area contributed by atoms with Crippen molar-refractivity contribution in [3.8, 4) is 0 Å². The van der Waals surface area contributed by atoms with Crippen molar-refractivity contribution in [2.24, 2.45) is 4.99 Å². The van der Waals surface area contributed by atoms with E-state index in [4.69, 9.17) is 0 Å². The SMILES string of the molecule is C=C(C)/C(=C\C(=C/C)C(F)(F)F)N=C(C)c1ccccc1S(=O)CC.CCC. The highest BCUT2D eigenvalue weighted by Crippen LogP contribution is 2.29. The lowest BCUT2D eigenvalue weighted by Gasteiger charge is -2.11. The van der Waals surface area contributed by atoms with Crippen LogP contribution in [0, 0.1) is 0 Å². The second-order valence-electron chi connectivity index (χ2n) is 6.09. The molecule has 0 saturated carbocycles. The first-order valence-corrected chi connectivity index (χ1v) is 10.5. The molecule has 1 unspecified atom stereocenters. The molecule has 156 valence electrons. The average molecular weight is 414 g/mol. The summed E-state index contributed by atoms with van der Waals surface area (Å²) in [5.41, 5.74) is 0.915. The first kappa shape index (κ1) is 26.1. The highest BCUT2D eigenvalue weighted by Gasteiger charge is 2.31. The standard InChI is InChI=1S/C19H22F3NOS.C3H8/c1-6-15(19(20,21)22)12-17(13(3)4)23-14(5)16-10-8-9-11-18(16)25(24)7-2;1-3-2/h6,8-12H,3,7H2,1-2,4-5H3;3H2,1-2H3/b15-6+,17-12+,23-14?;. The number of hydrogen-bond acceptors (Lipinski definition) is 2. The highest BCUT2D eigenvalue weighted by atomic mass is 32.2. The molecule has 0 N–H and O–H groups in total. The quantitative estimate of drug-likeness (QED) is 0.364. The van der Waals surface area contributed by atoms with Gasteiger partial charge in [0.1, 0.15) is 0 Å². The molecule has 0 spiro atoms. The lowest BCUT2D eigenvalue weighted by molar-refractivity contribution is -0.0883. The third-order valence-corrected chi connectivity index (χ3v) is 4.81. The molecule has 0 saturated heterocycles. The summed E-state index contributed by atoms with van der Waals surface area (Å²) in [6.07, 6.45) is -1.24. The molecule has 0 bridgehead atoms. The van der Waals surface area contributed by atoms with Crippen LogP contribution in [0.2, 0.25) is 0 Å². The van der Waals surface area contributed by atoms with Gasteiger partial charge in [-0.05, 0) is 38.5 Å². The van der Waals surface area contributed by atoms with Crippen molar-refractivity contribution in [1.29, 1.82) is 0 Å². The van der Waals surface area contributed by atoms with Crippen molar-refractivity contribution in [3.63, 3.8) is 0 Å². The monoisotopic (exact) mass is 413 g/mol. The topological polar surface area (TPSA) is 29.4 Å². The summed E-state index contributed by atoms with van der Waals surface area (Å²) >= 11 is 0. The van der Waals surface area contributed by atoms with E-state index in [9.17, 15) is 17.4 Å². The fourth-order valence-corrected chi connectivity index (χ4v) is 3.09. The molecule has 0 aromatic heterocycles. The van der Waals surface area contributed by atoms with Gasteiger partial charge in [0.2, 0.25) is 0 Å². The van der Waals surface area contributed by atoms with E-state index in [-0.39, 0.29) is 5.70 Å². The lowest BCUT2D eigenvalue weighted by Crippen LogP contribution is -2.10. The molecule has 1 rings (SSSR count). The number of nitrogens with zero attached hydrogens (tertiary/aromatic N) is 1. The molecule has 1 atom stereocenters. The number of aliphatic imine (C=N–C) groups is 1. The van der Waals surface area contributed by atoms with Gasteiger partial charge in [-0.15, -0.1) is 0 Å². The van der Waals surface area contributed by atoms with Gasteiger partial charge in [-0.2, -0.15) is 13.2 Å². The Morgan fingerprint density at radius 2 is 1.71 bits per heavy atom. The normalized spacial score (nSPS) is 14.2. The summed E-state index contributed by atoms with van der Waals surface area (Å²) in [7, 11) is -1.19. The van der Waals surface area contributed by atoms with E-state index in [2.05, 4.69) is 25.4 Å². The van der Waals surface area contributed by atoms with E-state index in [0.29, 0.717) is 27.5 Å². The minimum atomic E-state index is -4.46. The Kier molecular flexibility index (Phi) is 11.6. The van der Waals surface area contributed by atoms with Crippen LogP contribution in [0.15, 0.2) is 69.7 Å². The van der Waals surface area contributed by atoms with E-state index in [1.165, 1.54) is 13.3 Å². The molecule has 2 nitrogen and oxygen atoms in total. The molecular weight excluding hydrogens is 383 g/mol. The van der Waals surface area contributed by atoms with Crippen molar-refractivity contribution in [1.82, 2.24) is 0 Å². The Morgan fingerprint density at radius 3 is 2.14 bits per heavy atom. The van der Waals surface area contributed by atoms with Gasteiger partial charge in [0.05, 0.1) is 22.1 Å². The van der Waals surface area contributed by atoms with Crippen molar-refractivity contribution >= 4 is 16.5 Å². The first-order chi connectivity index (χ1) is 13.0. The molecule has 0 radical (unpaired) electrons. The van der Waals surface area contributed by atoms with Crippen LogP contribution in [0.4, 0.5) is 13.2 Å². The first-order valence-electron chi connectivity index (χ1n) is 9.17. The molecule has 0 aliphatic carbocycles. The molecule has 1 aromatic rings. The number of alkyl halides is 3. The third-order valence-electron chi connectivity index (χ3n) is 3.44. The van der Waals surface area contributed by atoms with E-state index in [0.717, 1.165) is 12.2 Å². The molecule has 28 heavy (non-hydrogen) atoms. The van der Waals surface area contributed by atoms with Crippen LogP contribution in [0.25, 0.3) is 0 Å². The summed E-state index contributed by atoms with van der Waals surface area (Å²) < 4.78 is 51.1. The maximum atomic E-state index is 13.0. The van der Waals surface area contributed by atoms with Gasteiger partial charge in [0.25, 0.3) is 0 Å². The zero-order valence-corrected chi connectivity index (χ0v) is 18.3. The van der Waals surface area contributed by atoms with E-state index in [1.54, 1.807) is 45.0 Å². The predicted molar refractivity (Wildman–Crippen MR) is 114 cm³/mol. The number of benzene rings is 1. The van der Waals surface area contributed by atoms with Gasteiger partial charge in [0.15, 0.2) is 0 Å². The maximum Gasteiger partial charge on any atom is 0.416 e. The zero-order valence-electron chi connectivity index (χ0n) is 17.5. The summed E-state index contributed by atoms with van der Waals surface area (Å²) in [4.78, 5) is 4.95. The smallest absolute Gasteiger partial charge is 0.254 e. The molecule has 0 heterocycles. The van der Waals surface area contributed by atoms with Gasteiger partial charge in [-0.25, -0.2) is 0 Å². The fourth-order valence-electron chi connectivity index (χ4n) is 2.09. The van der Waals surface area contributed by atoms with E-state index >= 15 is 0 Å². The van der Waals surface area contributed by atoms with Crippen LogP contribution in [-0.4, -0.2) is 21.8 Å². The molecular formula is C22H30F3NOS. The minimum Gasteiger partial charge on any atom is -0.254 e. The highest BCUT2D eigenvalue weighted by molar-refractivity contribution is 7.85. The minimum absolute atomic E-state index is 0.139. The largest absolute Gasteiger partial charge is 0.416 e. The number of hydrogen-bond donors (Lipinski definition) is 0. The molecule has 0 aliphatic heterocycles. The third kappa shape index (κ3) is 8.38. The van der Waals surface area contributed by atoms with Gasteiger partial charge in [0, 0.05) is 21.9 Å². The Balaban J connectivity index is 0.00000227. The van der Waals surface area contributed by atoms with Crippen LogP contribution in [0.5, 0.6) is 0 Å². The van der Waals surface area contributed by atoms with Gasteiger partial charge in [-0.3, -0.25) is 9.20 Å². The van der Waals surface area contributed by atoms with Crippen molar-refractivity contribution in [2.75, 3.05) is 5.75 Å². The number of halogens is 3. The molecule has 1 aromatic carbocycles. The Hall–Kier alpha value is -1.95. The summed E-state index contributed by atoms with van der Waals surface area (Å²) in [6.45, 7) is 14.4. The maximum absolute atomic E-state index is 13.0. The van der Waals surface area contributed by atoms with Gasteiger partial charge >= 0.3 is 6.18 Å². The predicted octanol–water partition coefficient (Wildman–Crippen LogP) is 7.01. The zero-order chi connectivity index (χ0) is 21.9. The van der Waals surface area contributed by atoms with Crippen molar-refractivity contribution in [3.05, 3.63) is 65.4 Å².